The minimum absolute atomic E-state index is 0.294. The highest BCUT2D eigenvalue weighted by Crippen LogP contribution is 2.17. The first-order valence-corrected chi connectivity index (χ1v) is 8.05. The summed E-state index contributed by atoms with van der Waals surface area (Å²) >= 11 is 0. The minimum atomic E-state index is -0.294. The molecule has 2 N–H and O–H groups in total. The van der Waals surface area contributed by atoms with Gasteiger partial charge in [-0.1, -0.05) is 70.1 Å². The molecule has 1 rings (SSSR count). The lowest BCUT2D eigenvalue weighted by atomic mass is 9.96. The Morgan fingerprint density at radius 3 is 2.20 bits per heavy atom. The Morgan fingerprint density at radius 2 is 1.60 bits per heavy atom. The van der Waals surface area contributed by atoms with Crippen molar-refractivity contribution in [2.24, 2.45) is 5.73 Å². The average molecular weight is 275 g/mol. The Morgan fingerprint density at radius 1 is 1.00 bits per heavy atom. The van der Waals surface area contributed by atoms with Crippen molar-refractivity contribution in [2.75, 3.05) is 0 Å². The van der Waals surface area contributed by atoms with Gasteiger partial charge in [-0.05, 0) is 30.9 Å². The summed E-state index contributed by atoms with van der Waals surface area (Å²) in [7, 11) is 0. The van der Waals surface area contributed by atoms with Crippen LogP contribution in [0.4, 0.5) is 0 Å². The first-order valence-electron chi connectivity index (χ1n) is 8.05. The second-order valence-corrected chi connectivity index (χ2v) is 5.70. The van der Waals surface area contributed by atoms with E-state index in [1.807, 2.05) is 25.1 Å². The third kappa shape index (κ3) is 5.77. The molecule has 0 aliphatic heterocycles. The number of unbranched alkanes of at least 4 members (excludes halogenated alkanes) is 7. The van der Waals surface area contributed by atoms with Crippen molar-refractivity contribution in [3.8, 4) is 0 Å². The maximum Gasteiger partial charge on any atom is 0.249 e. The first kappa shape index (κ1) is 16.7. The second-order valence-electron chi connectivity index (χ2n) is 5.70. The number of aryl methyl sites for hydroxylation is 2. The summed E-state index contributed by atoms with van der Waals surface area (Å²) in [6, 6.07) is 6.01. The van der Waals surface area contributed by atoms with Gasteiger partial charge in [0.15, 0.2) is 0 Å². The fourth-order valence-corrected chi connectivity index (χ4v) is 2.74. The van der Waals surface area contributed by atoms with Crippen LogP contribution in [0.3, 0.4) is 0 Å². The van der Waals surface area contributed by atoms with Crippen molar-refractivity contribution >= 4 is 5.91 Å². The van der Waals surface area contributed by atoms with Crippen molar-refractivity contribution in [1.29, 1.82) is 0 Å². The minimum Gasteiger partial charge on any atom is -0.366 e. The number of carbonyl (C=O) groups excluding carboxylic acids is 1. The van der Waals surface area contributed by atoms with E-state index in [0.717, 1.165) is 29.5 Å². The highest BCUT2D eigenvalue weighted by molar-refractivity contribution is 5.95. The van der Waals surface area contributed by atoms with E-state index in [1.165, 1.54) is 44.9 Å². The smallest absolute Gasteiger partial charge is 0.249 e. The van der Waals surface area contributed by atoms with Gasteiger partial charge in [-0.15, -0.1) is 0 Å². The van der Waals surface area contributed by atoms with Gasteiger partial charge in [0.1, 0.15) is 0 Å². The predicted molar refractivity (Wildman–Crippen MR) is 86.0 cm³/mol. The zero-order valence-corrected chi connectivity index (χ0v) is 13.1. The highest BCUT2D eigenvalue weighted by Gasteiger charge is 2.10. The van der Waals surface area contributed by atoms with E-state index in [1.54, 1.807) is 0 Å². The summed E-state index contributed by atoms with van der Waals surface area (Å²) in [5.41, 5.74) is 8.32. The first-order chi connectivity index (χ1) is 9.66. The number of primary amides is 1. The molecular formula is C18H29NO. The molecule has 2 nitrogen and oxygen atoms in total. The maximum atomic E-state index is 11.5. The summed E-state index contributed by atoms with van der Waals surface area (Å²) in [5, 5.41) is 0. The predicted octanol–water partition coefficient (Wildman–Crippen LogP) is 4.78. The van der Waals surface area contributed by atoms with Crippen molar-refractivity contribution in [1.82, 2.24) is 0 Å². The monoisotopic (exact) mass is 275 g/mol. The van der Waals surface area contributed by atoms with E-state index in [4.69, 9.17) is 5.73 Å². The molecule has 0 aliphatic rings. The molecule has 0 atom stereocenters. The second kappa shape index (κ2) is 9.57. The Balaban J connectivity index is 2.29. The molecule has 1 aromatic carbocycles. The number of rotatable bonds is 10. The third-order valence-corrected chi connectivity index (χ3v) is 3.91. The molecule has 0 unspecified atom stereocenters. The Hall–Kier alpha value is -1.31. The fraction of sp³-hybridized carbons (Fsp3) is 0.611. The van der Waals surface area contributed by atoms with Gasteiger partial charge in [0, 0.05) is 5.56 Å². The van der Waals surface area contributed by atoms with Gasteiger partial charge >= 0.3 is 0 Å². The lowest BCUT2D eigenvalue weighted by Gasteiger charge is -2.09. The van der Waals surface area contributed by atoms with Crippen LogP contribution in [0.1, 0.15) is 79.8 Å². The molecule has 0 heterocycles. The maximum absolute atomic E-state index is 11.5. The van der Waals surface area contributed by atoms with E-state index in [-0.39, 0.29) is 5.91 Å². The summed E-state index contributed by atoms with van der Waals surface area (Å²) in [5.74, 6) is -0.294. The van der Waals surface area contributed by atoms with Crippen molar-refractivity contribution in [3.05, 3.63) is 34.9 Å². The Kier molecular flexibility index (Phi) is 8.01. The van der Waals surface area contributed by atoms with Crippen LogP contribution >= 0.6 is 0 Å². The van der Waals surface area contributed by atoms with Crippen molar-refractivity contribution in [2.45, 2.75) is 71.6 Å². The molecule has 0 bridgehead atoms. The average Bonchev–Trinajstić information content (AvgIpc) is 2.41. The number of nitrogens with two attached hydrogens (primary N) is 1. The standard InChI is InChI=1S/C18H29NO/c1-3-4-5-6-7-8-9-10-13-16-14-11-12-15(2)17(16)18(19)20/h11-12,14H,3-10,13H2,1-2H3,(H2,19,20). The Labute approximate surface area is 123 Å². The summed E-state index contributed by atoms with van der Waals surface area (Å²) in [6.45, 7) is 4.20. The van der Waals surface area contributed by atoms with Gasteiger partial charge in [0.2, 0.25) is 5.91 Å². The molecular weight excluding hydrogens is 246 g/mol. The van der Waals surface area contributed by atoms with Gasteiger partial charge < -0.3 is 5.73 Å². The lowest BCUT2D eigenvalue weighted by Crippen LogP contribution is -2.15. The van der Waals surface area contributed by atoms with Crippen LogP contribution in [0.5, 0.6) is 0 Å². The SMILES string of the molecule is CCCCCCCCCCc1cccc(C)c1C(N)=O. The fourth-order valence-electron chi connectivity index (χ4n) is 2.74. The van der Waals surface area contributed by atoms with Crippen LogP contribution in [0, 0.1) is 6.92 Å². The topological polar surface area (TPSA) is 43.1 Å². The summed E-state index contributed by atoms with van der Waals surface area (Å²) in [6.07, 6.45) is 11.4. The van der Waals surface area contributed by atoms with E-state index < -0.39 is 0 Å². The van der Waals surface area contributed by atoms with Crippen LogP contribution in [0.15, 0.2) is 18.2 Å². The highest BCUT2D eigenvalue weighted by atomic mass is 16.1. The van der Waals surface area contributed by atoms with E-state index in [9.17, 15) is 4.79 Å². The van der Waals surface area contributed by atoms with Crippen LogP contribution in [-0.2, 0) is 6.42 Å². The molecule has 0 saturated heterocycles. The van der Waals surface area contributed by atoms with Crippen LogP contribution in [0.2, 0.25) is 0 Å². The molecule has 0 fully saturated rings. The van der Waals surface area contributed by atoms with Gasteiger partial charge in [0.05, 0.1) is 0 Å². The van der Waals surface area contributed by atoms with Gasteiger partial charge in [-0.25, -0.2) is 0 Å². The van der Waals surface area contributed by atoms with E-state index in [2.05, 4.69) is 6.92 Å². The zero-order valence-electron chi connectivity index (χ0n) is 13.1. The van der Waals surface area contributed by atoms with Gasteiger partial charge in [-0.2, -0.15) is 0 Å². The Bertz CT molecular complexity index is 412. The number of hydrogen-bond donors (Lipinski definition) is 1. The van der Waals surface area contributed by atoms with Crippen LogP contribution < -0.4 is 5.73 Å². The number of benzene rings is 1. The van der Waals surface area contributed by atoms with Gasteiger partial charge in [0.25, 0.3) is 0 Å². The van der Waals surface area contributed by atoms with Crippen molar-refractivity contribution < 1.29 is 4.79 Å². The molecule has 0 spiro atoms. The van der Waals surface area contributed by atoms with E-state index >= 15 is 0 Å². The van der Waals surface area contributed by atoms with Crippen LogP contribution in [0.25, 0.3) is 0 Å². The van der Waals surface area contributed by atoms with Crippen molar-refractivity contribution in [3.63, 3.8) is 0 Å². The molecule has 0 saturated carbocycles. The van der Waals surface area contributed by atoms with Gasteiger partial charge in [-0.3, -0.25) is 4.79 Å². The quantitative estimate of drug-likeness (QED) is 0.614. The number of amides is 1. The number of hydrogen-bond acceptors (Lipinski definition) is 1. The molecule has 20 heavy (non-hydrogen) atoms. The zero-order chi connectivity index (χ0) is 14.8. The molecule has 0 aliphatic carbocycles. The largest absolute Gasteiger partial charge is 0.366 e. The number of carbonyl (C=O) groups is 1. The molecule has 1 aromatic rings. The molecule has 2 heteroatoms. The summed E-state index contributed by atoms with van der Waals surface area (Å²) in [4.78, 5) is 11.5. The van der Waals surface area contributed by atoms with E-state index in [0.29, 0.717) is 0 Å². The third-order valence-electron chi connectivity index (χ3n) is 3.91. The molecule has 112 valence electrons. The molecule has 0 aromatic heterocycles. The summed E-state index contributed by atoms with van der Waals surface area (Å²) < 4.78 is 0. The normalized spacial score (nSPS) is 10.7. The molecule has 0 radical (unpaired) electrons. The van der Waals surface area contributed by atoms with Crippen LogP contribution in [-0.4, -0.2) is 5.91 Å². The molecule has 1 amide bonds. The lowest BCUT2D eigenvalue weighted by molar-refractivity contribution is 0.0999.